The van der Waals surface area contributed by atoms with Crippen molar-refractivity contribution in [2.24, 2.45) is 0 Å². The highest BCUT2D eigenvalue weighted by atomic mass is 28.3. The van der Waals surface area contributed by atoms with Gasteiger partial charge in [0.05, 0.1) is 16.1 Å². The van der Waals surface area contributed by atoms with Crippen LogP contribution in [0.2, 0.25) is 44.8 Å². The summed E-state index contributed by atoms with van der Waals surface area (Å²) in [5, 5.41) is 1.84. The van der Waals surface area contributed by atoms with Gasteiger partial charge in [0, 0.05) is 0 Å². The van der Waals surface area contributed by atoms with Gasteiger partial charge in [-0.25, -0.2) is 0 Å². The minimum atomic E-state index is -0.917. The fourth-order valence-electron chi connectivity index (χ4n) is 1.63. The lowest BCUT2D eigenvalue weighted by Crippen LogP contribution is -2.27. The highest BCUT2D eigenvalue weighted by Crippen LogP contribution is 2.34. The zero-order valence-electron chi connectivity index (χ0n) is 8.49. The van der Waals surface area contributed by atoms with E-state index in [1.54, 1.807) is 0 Å². The van der Waals surface area contributed by atoms with Crippen molar-refractivity contribution in [1.29, 1.82) is 0 Å². The predicted octanol–water partition coefficient (Wildman–Crippen LogP) is 3.51. The molecule has 1 heterocycles. The van der Waals surface area contributed by atoms with Crippen LogP contribution in [0.5, 0.6) is 0 Å². The van der Waals surface area contributed by atoms with E-state index in [4.69, 9.17) is 0 Å². The molecule has 0 unspecified atom stereocenters. The van der Waals surface area contributed by atoms with Crippen molar-refractivity contribution in [3.63, 3.8) is 0 Å². The molecular weight excluding hydrogens is 164 g/mol. The van der Waals surface area contributed by atoms with Gasteiger partial charge in [-0.15, -0.1) is 0 Å². The van der Waals surface area contributed by atoms with Crippen LogP contribution >= 0.6 is 0 Å². The third-order valence-corrected chi connectivity index (χ3v) is 7.84. The molecule has 1 rings (SSSR count). The first-order chi connectivity index (χ1) is 4.81. The van der Waals surface area contributed by atoms with E-state index < -0.39 is 16.1 Å². The molecule has 0 aromatic rings. The van der Waals surface area contributed by atoms with E-state index >= 15 is 0 Å². The van der Waals surface area contributed by atoms with Gasteiger partial charge in [-0.05, 0) is 12.1 Å². The average Bonchev–Trinajstić information content (AvgIpc) is 2.07. The predicted molar refractivity (Wildman–Crippen MR) is 58.5 cm³/mol. The molecule has 0 radical (unpaired) electrons. The van der Waals surface area contributed by atoms with Crippen molar-refractivity contribution in [1.82, 2.24) is 0 Å². The molecule has 0 N–H and O–H groups in total. The van der Waals surface area contributed by atoms with Crippen molar-refractivity contribution >= 4 is 16.1 Å². The van der Waals surface area contributed by atoms with E-state index in [9.17, 15) is 0 Å². The Bertz CT molecular complexity index is 184. The van der Waals surface area contributed by atoms with Crippen molar-refractivity contribution in [3.05, 3.63) is 11.3 Å². The molecule has 0 saturated heterocycles. The van der Waals surface area contributed by atoms with Gasteiger partial charge in [-0.3, -0.25) is 0 Å². The fourth-order valence-corrected chi connectivity index (χ4v) is 8.23. The molecule has 0 saturated carbocycles. The molecule has 0 spiro atoms. The summed E-state index contributed by atoms with van der Waals surface area (Å²) in [6, 6.07) is 2.93. The molecule has 0 aliphatic carbocycles. The van der Waals surface area contributed by atoms with E-state index in [-0.39, 0.29) is 0 Å². The van der Waals surface area contributed by atoms with E-state index in [0.717, 1.165) is 0 Å². The van der Waals surface area contributed by atoms with Crippen LogP contribution in [0.4, 0.5) is 0 Å². The summed E-state index contributed by atoms with van der Waals surface area (Å²) in [7, 11) is -1.69. The Morgan fingerprint density at radius 2 is 1.82 bits per heavy atom. The minimum Gasteiger partial charge on any atom is -0.0921 e. The van der Waals surface area contributed by atoms with Crippen LogP contribution < -0.4 is 0 Å². The molecule has 1 aliphatic rings. The molecule has 0 nitrogen and oxygen atoms in total. The van der Waals surface area contributed by atoms with Crippen molar-refractivity contribution in [2.45, 2.75) is 44.8 Å². The summed E-state index contributed by atoms with van der Waals surface area (Å²) in [5.74, 6) is 0. The Kier molecular flexibility index (Phi) is 2.18. The number of rotatable bonds is 1. The average molecular weight is 184 g/mol. The Morgan fingerprint density at radius 1 is 1.27 bits per heavy atom. The van der Waals surface area contributed by atoms with E-state index in [2.05, 4.69) is 38.8 Å². The van der Waals surface area contributed by atoms with E-state index in [1.807, 2.05) is 5.20 Å². The minimum absolute atomic E-state index is 0.771. The molecule has 11 heavy (non-hydrogen) atoms. The molecule has 0 atom stereocenters. The largest absolute Gasteiger partial charge is 0.0921 e. The summed E-state index contributed by atoms with van der Waals surface area (Å²) < 4.78 is 0. The summed E-state index contributed by atoms with van der Waals surface area (Å²) >= 11 is 0. The van der Waals surface area contributed by atoms with Crippen LogP contribution in [0.25, 0.3) is 0 Å². The maximum absolute atomic E-state index is 2.55. The molecule has 0 aromatic carbocycles. The van der Waals surface area contributed by atoms with Gasteiger partial charge >= 0.3 is 0 Å². The Hall–Kier alpha value is 0.174. The highest BCUT2D eigenvalue weighted by Gasteiger charge is 2.32. The zero-order chi connectivity index (χ0) is 8.70. The first kappa shape index (κ1) is 9.26. The smallest absolute Gasteiger partial charge is 0.0716 e. The summed E-state index contributed by atoms with van der Waals surface area (Å²) in [6.45, 7) is 12.4. The lowest BCUT2D eigenvalue weighted by Gasteiger charge is -2.21. The molecule has 0 amide bonds. The van der Waals surface area contributed by atoms with Gasteiger partial charge in [0.15, 0.2) is 0 Å². The third kappa shape index (κ3) is 2.30. The van der Waals surface area contributed by atoms with Crippen molar-refractivity contribution in [3.8, 4) is 0 Å². The van der Waals surface area contributed by atoms with E-state index in [0.29, 0.717) is 0 Å². The molecule has 1 aliphatic heterocycles. The summed E-state index contributed by atoms with van der Waals surface area (Å²) in [6.07, 6.45) is 2.55. The Labute approximate surface area is 72.7 Å². The van der Waals surface area contributed by atoms with Crippen LogP contribution in [-0.4, -0.2) is 16.1 Å². The van der Waals surface area contributed by atoms with Crippen LogP contribution in [0.3, 0.4) is 0 Å². The number of hydrogen-bond donors (Lipinski definition) is 0. The lowest BCUT2D eigenvalue weighted by molar-refractivity contribution is 1.47. The molecule has 0 aromatic heterocycles. The second-order valence-corrected chi connectivity index (χ2v) is 15.8. The highest BCUT2D eigenvalue weighted by molar-refractivity contribution is 6.89. The van der Waals surface area contributed by atoms with Gasteiger partial charge < -0.3 is 0 Å². The van der Waals surface area contributed by atoms with Gasteiger partial charge in [-0.1, -0.05) is 44.0 Å². The SMILES string of the molecule is C[Si]1(C)CC=C([Si](C)(C)C)C1. The summed E-state index contributed by atoms with van der Waals surface area (Å²) in [5.41, 5.74) is 0. The molecule has 64 valence electrons. The maximum Gasteiger partial charge on any atom is 0.0716 e. The Morgan fingerprint density at radius 3 is 2.00 bits per heavy atom. The number of hydrogen-bond acceptors (Lipinski definition) is 0. The first-order valence-electron chi connectivity index (χ1n) is 4.51. The fraction of sp³-hybridized carbons (Fsp3) is 0.778. The second-order valence-electron chi connectivity index (χ2n) is 5.52. The van der Waals surface area contributed by atoms with E-state index in [1.165, 1.54) is 12.1 Å². The zero-order valence-corrected chi connectivity index (χ0v) is 10.5. The Balaban J connectivity index is 2.68. The van der Waals surface area contributed by atoms with Crippen molar-refractivity contribution < 1.29 is 0 Å². The molecule has 0 fully saturated rings. The topological polar surface area (TPSA) is 0 Å². The van der Waals surface area contributed by atoms with Gasteiger partial charge in [0.25, 0.3) is 0 Å². The van der Waals surface area contributed by atoms with Gasteiger partial charge in [0.2, 0.25) is 0 Å². The number of allylic oxidation sites excluding steroid dienone is 2. The first-order valence-corrected chi connectivity index (χ1v) is 11.4. The molecular formula is C9H20Si2. The quantitative estimate of drug-likeness (QED) is 0.547. The van der Waals surface area contributed by atoms with Crippen LogP contribution in [0.1, 0.15) is 0 Å². The van der Waals surface area contributed by atoms with Crippen LogP contribution in [-0.2, 0) is 0 Å². The standard InChI is InChI=1S/C9H20Si2/c1-10(2,3)9-6-7-11(4,5)8-9/h6H,7-8H2,1-5H3. The van der Waals surface area contributed by atoms with Crippen LogP contribution in [0, 0.1) is 0 Å². The van der Waals surface area contributed by atoms with Gasteiger partial charge in [-0.2, -0.15) is 0 Å². The molecule has 0 bridgehead atoms. The third-order valence-electron chi connectivity index (χ3n) is 2.53. The summed E-state index contributed by atoms with van der Waals surface area (Å²) in [4.78, 5) is 0. The molecule has 2 heteroatoms. The lowest BCUT2D eigenvalue weighted by atomic mass is 10.6. The second kappa shape index (κ2) is 2.59. The van der Waals surface area contributed by atoms with Gasteiger partial charge in [0.1, 0.15) is 0 Å². The normalized spacial score (nSPS) is 23.5. The van der Waals surface area contributed by atoms with Crippen LogP contribution in [0.15, 0.2) is 11.3 Å². The monoisotopic (exact) mass is 184 g/mol. The van der Waals surface area contributed by atoms with Crippen molar-refractivity contribution in [2.75, 3.05) is 0 Å². The maximum atomic E-state index is 2.55.